The van der Waals surface area contributed by atoms with Crippen LogP contribution in [0.15, 0.2) is 0 Å². The predicted molar refractivity (Wildman–Crippen MR) is 51.6 cm³/mol. The maximum absolute atomic E-state index is 12.2. The summed E-state index contributed by atoms with van der Waals surface area (Å²) in [6.07, 6.45) is -11.3. The highest BCUT2D eigenvalue weighted by molar-refractivity contribution is 9.09. The number of hydrogen-bond donors (Lipinski definition) is 1. The van der Waals surface area contributed by atoms with Gasteiger partial charge in [0.2, 0.25) is 11.8 Å². The fourth-order valence-electron chi connectivity index (χ4n) is 0.922. The summed E-state index contributed by atoms with van der Waals surface area (Å²) in [4.78, 5) is 11.0. The van der Waals surface area contributed by atoms with E-state index in [9.17, 15) is 31.1 Å². The van der Waals surface area contributed by atoms with E-state index in [-0.39, 0.29) is 5.33 Å². The third-order valence-corrected chi connectivity index (χ3v) is 3.11. The van der Waals surface area contributed by atoms with Crippen LogP contribution in [0.1, 0.15) is 13.8 Å². The second-order valence-corrected chi connectivity index (χ2v) is 4.58. The van der Waals surface area contributed by atoms with Gasteiger partial charge in [-0.05, 0) is 13.8 Å². The van der Waals surface area contributed by atoms with E-state index in [1.165, 1.54) is 13.8 Å². The Morgan fingerprint density at radius 1 is 1.12 bits per heavy atom. The molecule has 0 aliphatic carbocycles. The van der Waals surface area contributed by atoms with Crippen molar-refractivity contribution in [2.24, 2.45) is 5.92 Å². The Bertz CT molecular complexity index is 271. The first-order valence-corrected chi connectivity index (χ1v) is 5.45. The number of rotatable bonds is 3. The molecule has 1 amide bonds. The quantitative estimate of drug-likeness (QED) is 0.626. The van der Waals surface area contributed by atoms with Gasteiger partial charge in [0.05, 0.1) is 0 Å². The van der Waals surface area contributed by atoms with Gasteiger partial charge in [0.25, 0.3) is 0 Å². The second-order valence-electron chi connectivity index (χ2n) is 4.02. The van der Waals surface area contributed by atoms with Gasteiger partial charge in [0.1, 0.15) is 0 Å². The lowest BCUT2D eigenvalue weighted by Gasteiger charge is -2.28. The molecule has 0 unspecified atom stereocenters. The number of hydrogen-bond acceptors (Lipinski definition) is 1. The van der Waals surface area contributed by atoms with Crippen LogP contribution in [0.2, 0.25) is 0 Å². The van der Waals surface area contributed by atoms with Gasteiger partial charge in [-0.15, -0.1) is 0 Å². The second kappa shape index (κ2) is 5.03. The van der Waals surface area contributed by atoms with Crippen LogP contribution < -0.4 is 5.32 Å². The molecule has 0 aliphatic rings. The van der Waals surface area contributed by atoms with Crippen molar-refractivity contribution >= 4 is 21.8 Å². The van der Waals surface area contributed by atoms with E-state index in [0.717, 1.165) is 0 Å². The summed E-state index contributed by atoms with van der Waals surface area (Å²) in [5.41, 5.74) is -1.20. The minimum Gasteiger partial charge on any atom is -0.350 e. The Morgan fingerprint density at radius 2 is 1.47 bits per heavy atom. The summed E-state index contributed by atoms with van der Waals surface area (Å²) in [5.74, 6) is -6.11. The lowest BCUT2D eigenvalue weighted by Crippen LogP contribution is -2.54. The van der Waals surface area contributed by atoms with E-state index < -0.39 is 29.7 Å². The predicted octanol–water partition coefficient (Wildman–Crippen LogP) is 3.02. The van der Waals surface area contributed by atoms with Crippen LogP contribution in [0, 0.1) is 5.92 Å². The van der Waals surface area contributed by atoms with Crippen molar-refractivity contribution in [3.05, 3.63) is 0 Å². The number of nitrogens with one attached hydrogen (secondary N) is 1. The molecule has 0 fully saturated rings. The molecule has 0 rings (SSSR count). The summed E-state index contributed by atoms with van der Waals surface area (Å²) in [6.45, 7) is 2.59. The maximum atomic E-state index is 12.2. The normalized spacial score (nSPS) is 14.0. The van der Waals surface area contributed by atoms with E-state index in [0.29, 0.717) is 0 Å². The first-order valence-electron chi connectivity index (χ1n) is 4.32. The SMILES string of the molecule is CC(C)(CBr)NC(=O)C(C(F)(F)F)C(F)(F)F. The van der Waals surface area contributed by atoms with Crippen LogP contribution in [0.5, 0.6) is 0 Å². The smallest absolute Gasteiger partial charge is 0.350 e. The summed E-state index contributed by atoms with van der Waals surface area (Å²) in [7, 11) is 0. The third kappa shape index (κ3) is 5.13. The third-order valence-electron chi connectivity index (χ3n) is 1.71. The lowest BCUT2D eigenvalue weighted by molar-refractivity contribution is -0.274. The Kier molecular flexibility index (Phi) is 4.89. The molecule has 1 N–H and O–H groups in total. The van der Waals surface area contributed by atoms with E-state index >= 15 is 0 Å². The standard InChI is InChI=1S/C8H10BrF6NO/c1-6(2,3-9)16-5(17)4(7(10,11)12)8(13,14)15/h4H,3H2,1-2H3,(H,16,17). The molecule has 0 bridgehead atoms. The molecular formula is C8H10BrF6NO. The molecule has 9 heteroatoms. The average Bonchev–Trinajstić information content (AvgIpc) is 1.96. The topological polar surface area (TPSA) is 29.1 Å². The van der Waals surface area contributed by atoms with Crippen molar-refractivity contribution in [1.82, 2.24) is 5.32 Å². The van der Waals surface area contributed by atoms with Crippen LogP contribution in [0.25, 0.3) is 0 Å². The van der Waals surface area contributed by atoms with Crippen molar-refractivity contribution in [2.45, 2.75) is 31.7 Å². The van der Waals surface area contributed by atoms with Gasteiger partial charge in [-0.1, -0.05) is 15.9 Å². The van der Waals surface area contributed by atoms with E-state index in [1.807, 2.05) is 0 Å². The molecule has 0 saturated carbocycles. The zero-order valence-electron chi connectivity index (χ0n) is 8.84. The zero-order valence-corrected chi connectivity index (χ0v) is 10.4. The van der Waals surface area contributed by atoms with Gasteiger partial charge in [0.15, 0.2) is 0 Å². The van der Waals surface area contributed by atoms with Gasteiger partial charge in [-0.3, -0.25) is 4.79 Å². The van der Waals surface area contributed by atoms with Crippen molar-refractivity contribution < 1.29 is 31.1 Å². The number of amides is 1. The fourth-order valence-corrected chi connectivity index (χ4v) is 1.06. The fraction of sp³-hybridized carbons (Fsp3) is 0.875. The van der Waals surface area contributed by atoms with E-state index in [4.69, 9.17) is 0 Å². The van der Waals surface area contributed by atoms with Gasteiger partial charge >= 0.3 is 12.4 Å². The zero-order chi connectivity index (χ0) is 14.1. The molecule has 2 nitrogen and oxygen atoms in total. The van der Waals surface area contributed by atoms with E-state index in [2.05, 4.69) is 15.9 Å². The van der Waals surface area contributed by atoms with Crippen molar-refractivity contribution in [1.29, 1.82) is 0 Å². The molecule has 0 heterocycles. The van der Waals surface area contributed by atoms with Gasteiger partial charge in [-0.25, -0.2) is 0 Å². The molecule has 0 aromatic rings. The highest BCUT2D eigenvalue weighted by Gasteiger charge is 2.61. The molecule has 0 spiro atoms. The largest absolute Gasteiger partial charge is 0.409 e. The van der Waals surface area contributed by atoms with Gasteiger partial charge in [0, 0.05) is 10.9 Å². The van der Waals surface area contributed by atoms with Crippen molar-refractivity contribution in [3.8, 4) is 0 Å². The van der Waals surface area contributed by atoms with Crippen LogP contribution in [0.3, 0.4) is 0 Å². The Labute approximate surface area is 102 Å². The molecule has 102 valence electrons. The van der Waals surface area contributed by atoms with Crippen LogP contribution in [0.4, 0.5) is 26.3 Å². The Morgan fingerprint density at radius 3 is 1.71 bits per heavy atom. The molecule has 0 aromatic carbocycles. The number of carbonyl (C=O) groups excluding carboxylic acids is 1. The summed E-state index contributed by atoms with van der Waals surface area (Å²) in [6, 6.07) is 0. The van der Waals surface area contributed by atoms with E-state index in [1.54, 1.807) is 5.32 Å². The van der Waals surface area contributed by atoms with Gasteiger partial charge in [-0.2, -0.15) is 26.3 Å². The average molecular weight is 330 g/mol. The Balaban J connectivity index is 5.06. The van der Waals surface area contributed by atoms with Crippen LogP contribution >= 0.6 is 15.9 Å². The number of alkyl halides is 7. The lowest BCUT2D eigenvalue weighted by atomic mass is 10.0. The first-order chi connectivity index (χ1) is 7.31. The maximum Gasteiger partial charge on any atom is 0.409 e. The minimum absolute atomic E-state index is 0.0220. The molecule has 0 radical (unpaired) electrons. The number of carbonyl (C=O) groups is 1. The molecule has 0 atom stereocenters. The summed E-state index contributed by atoms with van der Waals surface area (Å²) in [5, 5.41) is 1.72. The highest BCUT2D eigenvalue weighted by atomic mass is 79.9. The van der Waals surface area contributed by atoms with Crippen molar-refractivity contribution in [3.63, 3.8) is 0 Å². The Hall–Kier alpha value is -0.470. The summed E-state index contributed by atoms with van der Waals surface area (Å²) >= 11 is 2.87. The number of halogens is 7. The molecule has 0 saturated heterocycles. The molecule has 17 heavy (non-hydrogen) atoms. The van der Waals surface area contributed by atoms with Crippen LogP contribution in [-0.2, 0) is 4.79 Å². The highest BCUT2D eigenvalue weighted by Crippen LogP contribution is 2.39. The van der Waals surface area contributed by atoms with Crippen molar-refractivity contribution in [2.75, 3.05) is 5.33 Å². The summed E-state index contributed by atoms with van der Waals surface area (Å²) < 4.78 is 72.9. The first kappa shape index (κ1) is 16.5. The molecular weight excluding hydrogens is 320 g/mol. The molecule has 0 aliphatic heterocycles. The minimum atomic E-state index is -5.66. The monoisotopic (exact) mass is 329 g/mol. The van der Waals surface area contributed by atoms with Gasteiger partial charge < -0.3 is 5.32 Å². The van der Waals surface area contributed by atoms with Crippen LogP contribution in [-0.4, -0.2) is 29.1 Å². The molecule has 0 aromatic heterocycles.